The van der Waals surface area contributed by atoms with Crippen LogP contribution in [-0.2, 0) is 0 Å². The van der Waals surface area contributed by atoms with Crippen molar-refractivity contribution in [2.75, 3.05) is 22.9 Å². The van der Waals surface area contributed by atoms with E-state index in [0.29, 0.717) is 23.8 Å². The van der Waals surface area contributed by atoms with Crippen LogP contribution >= 0.6 is 24.0 Å². The number of aryl methyl sites for hydroxylation is 1. The maximum Gasteiger partial charge on any atom is 0.330 e. The number of thiol groups is 1. The molecule has 0 atom stereocenters. The second-order valence-electron chi connectivity index (χ2n) is 8.01. The second kappa shape index (κ2) is 7.06. The van der Waals surface area contributed by atoms with Crippen LogP contribution in [0.25, 0.3) is 11.1 Å². The number of aromatic nitrogens is 1. The van der Waals surface area contributed by atoms with Crippen molar-refractivity contribution >= 4 is 40.8 Å². The molecule has 5 rings (SSSR count). The SMILES string of the molecule is Cc1nc(N2CC3(CC3)CN(c3ccc(-c4cc(F)ccc4F)cc3)C2=O)sc1S. The molecule has 0 radical (unpaired) electrons. The highest BCUT2D eigenvalue weighted by Crippen LogP contribution is 2.51. The molecule has 0 unspecified atom stereocenters. The number of carbonyl (C=O) groups excluding carboxylic acids is 1. The third-order valence-corrected chi connectivity index (χ3v) is 7.40. The van der Waals surface area contributed by atoms with Gasteiger partial charge in [-0.05, 0) is 55.7 Å². The predicted octanol–water partition coefficient (Wildman–Crippen LogP) is 5.91. The van der Waals surface area contributed by atoms with E-state index in [-0.39, 0.29) is 17.0 Å². The van der Waals surface area contributed by atoms with Gasteiger partial charge < -0.3 is 0 Å². The molecule has 0 bridgehead atoms. The van der Waals surface area contributed by atoms with E-state index in [1.165, 1.54) is 17.4 Å². The van der Waals surface area contributed by atoms with E-state index in [0.717, 1.165) is 40.6 Å². The van der Waals surface area contributed by atoms with Gasteiger partial charge in [0.1, 0.15) is 11.6 Å². The molecule has 154 valence electrons. The number of rotatable bonds is 3. The number of hydrogen-bond donors (Lipinski definition) is 1. The molecule has 4 nitrogen and oxygen atoms in total. The molecule has 1 aliphatic carbocycles. The molecule has 1 saturated carbocycles. The topological polar surface area (TPSA) is 36.4 Å². The van der Waals surface area contributed by atoms with Gasteiger partial charge in [0.2, 0.25) is 0 Å². The van der Waals surface area contributed by atoms with E-state index in [9.17, 15) is 13.6 Å². The molecular weight excluding hydrogens is 424 g/mol. The summed E-state index contributed by atoms with van der Waals surface area (Å²) in [5, 5.41) is 0.664. The Morgan fingerprint density at radius 1 is 1.07 bits per heavy atom. The number of amides is 2. The molecule has 1 spiro atoms. The molecular formula is C22H19F2N3OS2. The van der Waals surface area contributed by atoms with Gasteiger partial charge in [-0.15, -0.1) is 12.6 Å². The minimum atomic E-state index is -0.490. The zero-order chi connectivity index (χ0) is 21.0. The van der Waals surface area contributed by atoms with E-state index in [4.69, 9.17) is 0 Å². The maximum absolute atomic E-state index is 14.1. The lowest BCUT2D eigenvalue weighted by atomic mass is 10.0. The van der Waals surface area contributed by atoms with Gasteiger partial charge in [-0.3, -0.25) is 9.80 Å². The lowest BCUT2D eigenvalue weighted by molar-refractivity contribution is 0.243. The average molecular weight is 444 g/mol. The fourth-order valence-corrected chi connectivity index (χ4v) is 4.97. The Hall–Kier alpha value is -2.45. The number of thiazole rings is 1. The summed E-state index contributed by atoms with van der Waals surface area (Å²) < 4.78 is 28.5. The summed E-state index contributed by atoms with van der Waals surface area (Å²) in [6.07, 6.45) is 2.13. The summed E-state index contributed by atoms with van der Waals surface area (Å²) in [5.41, 5.74) is 2.39. The maximum atomic E-state index is 14.1. The van der Waals surface area contributed by atoms with E-state index >= 15 is 0 Å². The van der Waals surface area contributed by atoms with Crippen molar-refractivity contribution in [1.29, 1.82) is 0 Å². The van der Waals surface area contributed by atoms with Crippen molar-refractivity contribution in [3.63, 3.8) is 0 Å². The predicted molar refractivity (Wildman–Crippen MR) is 118 cm³/mol. The lowest BCUT2D eigenvalue weighted by Gasteiger charge is -2.39. The first-order chi connectivity index (χ1) is 14.3. The number of hydrogen-bond acceptors (Lipinski definition) is 4. The van der Waals surface area contributed by atoms with Gasteiger partial charge in [-0.2, -0.15) is 0 Å². The lowest BCUT2D eigenvalue weighted by Crippen LogP contribution is -2.55. The first kappa shape index (κ1) is 19.5. The van der Waals surface area contributed by atoms with Crippen LogP contribution < -0.4 is 9.80 Å². The monoisotopic (exact) mass is 443 g/mol. The van der Waals surface area contributed by atoms with Crippen LogP contribution in [0.4, 0.5) is 24.4 Å². The summed E-state index contributed by atoms with van der Waals surface area (Å²) in [7, 11) is 0. The standard InChI is InChI=1S/C22H19F2N3OS2/c1-13-19(29)30-20(25-13)27-12-22(8-9-22)11-26(21(27)28)16-5-2-14(3-6-16)17-10-15(23)4-7-18(17)24/h2-7,10,29H,8-9,11-12H2,1H3. The van der Waals surface area contributed by atoms with E-state index in [2.05, 4.69) is 17.6 Å². The first-order valence-electron chi connectivity index (χ1n) is 9.66. The van der Waals surface area contributed by atoms with Crippen LogP contribution in [0.15, 0.2) is 46.7 Å². The number of nitrogens with zero attached hydrogens (tertiary/aromatic N) is 3. The molecule has 8 heteroatoms. The highest BCUT2D eigenvalue weighted by Gasteiger charge is 2.52. The second-order valence-corrected chi connectivity index (χ2v) is 9.74. The Labute approximate surface area is 182 Å². The first-order valence-corrected chi connectivity index (χ1v) is 10.9. The van der Waals surface area contributed by atoms with Crippen molar-refractivity contribution in [2.45, 2.75) is 24.0 Å². The number of benzene rings is 2. The molecule has 2 heterocycles. The molecule has 1 saturated heterocycles. The van der Waals surface area contributed by atoms with Crippen LogP contribution in [0.2, 0.25) is 0 Å². The minimum absolute atomic E-state index is 0.0809. The Kier molecular flexibility index (Phi) is 4.59. The summed E-state index contributed by atoms with van der Waals surface area (Å²) >= 11 is 5.83. The zero-order valence-electron chi connectivity index (χ0n) is 16.2. The van der Waals surface area contributed by atoms with Gasteiger partial charge in [0, 0.05) is 29.8 Å². The van der Waals surface area contributed by atoms with Crippen LogP contribution in [-0.4, -0.2) is 24.1 Å². The summed E-state index contributed by atoms with van der Waals surface area (Å²) in [4.78, 5) is 21.3. The zero-order valence-corrected chi connectivity index (χ0v) is 17.9. The van der Waals surface area contributed by atoms with Gasteiger partial charge in [0.15, 0.2) is 5.13 Å². The van der Waals surface area contributed by atoms with E-state index in [1.807, 2.05) is 6.92 Å². The molecule has 2 aromatic carbocycles. The Balaban J connectivity index is 1.47. The number of halogens is 2. The quantitative estimate of drug-likeness (QED) is 0.511. The van der Waals surface area contributed by atoms with Crippen molar-refractivity contribution in [2.24, 2.45) is 5.41 Å². The summed E-state index contributed by atoms with van der Waals surface area (Å²) in [6, 6.07) is 10.3. The highest BCUT2D eigenvalue weighted by molar-refractivity contribution is 7.83. The summed E-state index contributed by atoms with van der Waals surface area (Å²) in [6.45, 7) is 3.19. The van der Waals surface area contributed by atoms with Crippen molar-refractivity contribution in [3.05, 3.63) is 59.8 Å². The number of anilines is 2. The van der Waals surface area contributed by atoms with Crippen molar-refractivity contribution in [1.82, 2.24) is 4.98 Å². The number of carbonyl (C=O) groups is 1. The van der Waals surface area contributed by atoms with Gasteiger partial charge >= 0.3 is 6.03 Å². The third-order valence-electron chi connectivity index (χ3n) is 5.82. The molecule has 0 N–H and O–H groups in total. The molecule has 2 amide bonds. The van der Waals surface area contributed by atoms with Crippen molar-refractivity contribution < 1.29 is 13.6 Å². The molecule has 1 aliphatic heterocycles. The fraction of sp³-hybridized carbons (Fsp3) is 0.273. The van der Waals surface area contributed by atoms with Gasteiger partial charge in [-0.25, -0.2) is 18.6 Å². The normalized spacial score (nSPS) is 17.7. The van der Waals surface area contributed by atoms with Crippen LogP contribution in [0.1, 0.15) is 18.5 Å². The van der Waals surface area contributed by atoms with Crippen molar-refractivity contribution in [3.8, 4) is 11.1 Å². The van der Waals surface area contributed by atoms with Crippen LogP contribution in [0, 0.1) is 24.0 Å². The van der Waals surface area contributed by atoms with Gasteiger partial charge in [0.25, 0.3) is 0 Å². The average Bonchev–Trinajstić information content (AvgIpc) is 3.41. The smallest absolute Gasteiger partial charge is 0.293 e. The molecule has 1 aromatic heterocycles. The largest absolute Gasteiger partial charge is 0.330 e. The van der Waals surface area contributed by atoms with Gasteiger partial charge in [-0.1, -0.05) is 23.5 Å². The van der Waals surface area contributed by atoms with Gasteiger partial charge in [0.05, 0.1) is 9.90 Å². The van der Waals surface area contributed by atoms with E-state index < -0.39 is 11.6 Å². The van der Waals surface area contributed by atoms with E-state index in [1.54, 1.807) is 34.1 Å². The molecule has 30 heavy (non-hydrogen) atoms. The third kappa shape index (κ3) is 3.37. The molecule has 2 aliphatic rings. The number of urea groups is 1. The van der Waals surface area contributed by atoms with Crippen LogP contribution in [0.3, 0.4) is 0 Å². The summed E-state index contributed by atoms with van der Waals surface area (Å²) in [5.74, 6) is -0.974. The fourth-order valence-electron chi connectivity index (χ4n) is 3.88. The Morgan fingerprint density at radius 3 is 2.40 bits per heavy atom. The Morgan fingerprint density at radius 2 is 1.77 bits per heavy atom. The van der Waals surface area contributed by atoms with Crippen LogP contribution in [0.5, 0.6) is 0 Å². The minimum Gasteiger partial charge on any atom is -0.293 e. The molecule has 2 fully saturated rings. The Bertz CT molecular complexity index is 1120. The highest BCUT2D eigenvalue weighted by atomic mass is 32.2. The molecule has 3 aromatic rings.